The lowest BCUT2D eigenvalue weighted by Gasteiger charge is -2.15. The van der Waals surface area contributed by atoms with Crippen LogP contribution in [0.1, 0.15) is 21.1 Å². The van der Waals surface area contributed by atoms with Gasteiger partial charge in [-0.2, -0.15) is 0 Å². The van der Waals surface area contributed by atoms with Gasteiger partial charge in [-0.05, 0) is 12.1 Å². The quantitative estimate of drug-likeness (QED) is 0.241. The molecular formula is C23H22Cl2O15. The van der Waals surface area contributed by atoms with Crippen molar-refractivity contribution in [2.75, 3.05) is 13.2 Å². The highest BCUT2D eigenvalue weighted by molar-refractivity contribution is 6.33. The minimum atomic E-state index is -1.43. The fourth-order valence-corrected chi connectivity index (χ4v) is 3.60. The fraction of sp³-hybridized carbons (Fsp3) is 0.130. The number of fused-ring (bicyclic) bond motifs is 2. The van der Waals surface area contributed by atoms with Crippen molar-refractivity contribution in [2.24, 2.45) is 0 Å². The first-order valence-corrected chi connectivity index (χ1v) is 10.7. The summed E-state index contributed by atoms with van der Waals surface area (Å²) >= 11 is 12.3. The number of hydrogen-bond acceptors (Lipinski definition) is 9. The average molecular weight is 609 g/mol. The summed E-state index contributed by atoms with van der Waals surface area (Å²) in [6.45, 7) is -0.672. The molecule has 0 spiro atoms. The number of aliphatic hydroxyl groups is 1. The van der Waals surface area contributed by atoms with E-state index in [-0.39, 0.29) is 78.6 Å². The normalized spacial score (nSPS) is 10.1. The van der Waals surface area contributed by atoms with Gasteiger partial charge in [0.15, 0.2) is 10.9 Å². The van der Waals surface area contributed by atoms with Crippen LogP contribution in [-0.2, 0) is 0 Å². The second-order valence-electron chi connectivity index (χ2n) is 7.39. The molecule has 0 saturated heterocycles. The molecule has 11 N–H and O–H groups in total. The Kier molecular flexibility index (Phi) is 12.7. The maximum atomic E-state index is 12.1. The number of carbonyl (C=O) groups is 2. The molecule has 0 aliphatic carbocycles. The summed E-state index contributed by atoms with van der Waals surface area (Å²) < 4.78 is 21.3. The number of carboxylic acid groups (broad SMARTS) is 2. The van der Waals surface area contributed by atoms with E-state index in [0.29, 0.717) is 0 Å². The third-order valence-electron chi connectivity index (χ3n) is 4.85. The zero-order valence-corrected chi connectivity index (χ0v) is 21.3. The van der Waals surface area contributed by atoms with Crippen molar-refractivity contribution in [1.82, 2.24) is 0 Å². The summed E-state index contributed by atoms with van der Waals surface area (Å²) in [7, 11) is 0. The zero-order valence-electron chi connectivity index (χ0n) is 19.8. The van der Waals surface area contributed by atoms with Crippen molar-refractivity contribution in [3.8, 4) is 11.5 Å². The van der Waals surface area contributed by atoms with Gasteiger partial charge in [0, 0.05) is 24.3 Å². The lowest BCUT2D eigenvalue weighted by atomic mass is 10.2. The monoisotopic (exact) mass is 608 g/mol. The summed E-state index contributed by atoms with van der Waals surface area (Å²) in [5.74, 6) is -3.95. The van der Waals surface area contributed by atoms with E-state index < -0.39 is 40.4 Å². The standard InChI is InChI=1S/C23H14Cl2O11.4H2O/c24-12-1-10-14(27)3-20(22(29)30)35-16(10)5-18(12)33-7-9(26)8-34-19-6-17-11(2-13(19)25)15(28)4-21(36-17)23(31)32;;;;/h1-6,9,26H,7-8H2,(H,29,30)(H,31,32);4*1H2. The molecule has 0 aliphatic heterocycles. The van der Waals surface area contributed by atoms with Crippen LogP contribution in [0.15, 0.2) is 54.8 Å². The van der Waals surface area contributed by atoms with Crippen LogP contribution < -0.4 is 20.3 Å². The third kappa shape index (κ3) is 7.45. The van der Waals surface area contributed by atoms with E-state index in [1.807, 2.05) is 0 Å². The van der Waals surface area contributed by atoms with Gasteiger partial charge >= 0.3 is 11.9 Å². The first-order chi connectivity index (χ1) is 17.0. The Bertz CT molecular complexity index is 1520. The lowest BCUT2D eigenvalue weighted by Crippen LogP contribution is -2.25. The van der Waals surface area contributed by atoms with Gasteiger partial charge in [0.2, 0.25) is 11.5 Å². The van der Waals surface area contributed by atoms with E-state index in [4.69, 9.17) is 51.7 Å². The molecule has 2 aromatic heterocycles. The van der Waals surface area contributed by atoms with Crippen LogP contribution in [0.5, 0.6) is 11.5 Å². The minimum Gasteiger partial charge on any atom is -0.489 e. The van der Waals surface area contributed by atoms with Crippen molar-refractivity contribution in [1.29, 1.82) is 0 Å². The number of carboxylic acids is 2. The van der Waals surface area contributed by atoms with E-state index in [2.05, 4.69) is 0 Å². The van der Waals surface area contributed by atoms with Crippen molar-refractivity contribution in [3.63, 3.8) is 0 Å². The molecule has 2 aromatic carbocycles. The van der Waals surface area contributed by atoms with Gasteiger partial charge in [-0.25, -0.2) is 9.59 Å². The summed E-state index contributed by atoms with van der Waals surface area (Å²) in [5, 5.41) is 28.5. The Morgan fingerprint density at radius 2 is 1.05 bits per heavy atom. The van der Waals surface area contributed by atoms with Crippen molar-refractivity contribution >= 4 is 57.1 Å². The van der Waals surface area contributed by atoms with Gasteiger partial charge < -0.3 is 55.5 Å². The molecule has 218 valence electrons. The predicted octanol–water partition coefficient (Wildman–Crippen LogP) is 0.122. The van der Waals surface area contributed by atoms with E-state index in [1.165, 1.54) is 24.3 Å². The SMILES string of the molecule is O.O.O.O.O=C(O)c1cc(=O)c2cc(Cl)c(OCC(O)COc3cc4oc(C(=O)O)cc(=O)c4cc3Cl)cc2o1. The Morgan fingerprint density at radius 1 is 0.700 bits per heavy atom. The summed E-state index contributed by atoms with van der Waals surface area (Å²) in [4.78, 5) is 46.4. The van der Waals surface area contributed by atoms with Crippen LogP contribution in [0.4, 0.5) is 0 Å². The first kappa shape index (κ1) is 35.8. The second-order valence-corrected chi connectivity index (χ2v) is 8.21. The van der Waals surface area contributed by atoms with Crippen LogP contribution in [-0.4, -0.2) is 68.5 Å². The van der Waals surface area contributed by atoms with Gasteiger partial charge in [0.05, 0.1) is 20.8 Å². The Hall–Kier alpha value is -4.22. The number of benzene rings is 2. The Morgan fingerprint density at radius 3 is 1.38 bits per heavy atom. The molecule has 0 saturated carbocycles. The molecule has 17 heteroatoms. The topological polar surface area (TPSA) is 300 Å². The highest BCUT2D eigenvalue weighted by Gasteiger charge is 2.17. The molecule has 0 amide bonds. The summed E-state index contributed by atoms with van der Waals surface area (Å²) in [6.07, 6.45) is -1.22. The van der Waals surface area contributed by atoms with Crippen LogP contribution in [0, 0.1) is 0 Å². The van der Waals surface area contributed by atoms with Crippen LogP contribution >= 0.6 is 23.2 Å². The van der Waals surface area contributed by atoms with Gasteiger partial charge in [0.1, 0.15) is 42.0 Å². The Balaban J connectivity index is 0.00000380. The van der Waals surface area contributed by atoms with E-state index in [1.54, 1.807) is 0 Å². The van der Waals surface area contributed by atoms with E-state index in [9.17, 15) is 24.3 Å². The molecule has 0 atom stereocenters. The minimum absolute atomic E-state index is 0. The number of rotatable bonds is 8. The van der Waals surface area contributed by atoms with Crippen LogP contribution in [0.2, 0.25) is 10.0 Å². The number of halogens is 2. The van der Waals surface area contributed by atoms with Gasteiger partial charge in [-0.15, -0.1) is 0 Å². The van der Waals surface area contributed by atoms with Gasteiger partial charge in [-0.3, -0.25) is 9.59 Å². The molecule has 0 radical (unpaired) electrons. The molecule has 0 bridgehead atoms. The molecule has 0 aliphatic rings. The number of aliphatic hydroxyl groups excluding tert-OH is 1. The van der Waals surface area contributed by atoms with Crippen molar-refractivity contribution < 1.29 is 65.1 Å². The largest absolute Gasteiger partial charge is 0.489 e. The van der Waals surface area contributed by atoms with Crippen LogP contribution in [0.3, 0.4) is 0 Å². The lowest BCUT2D eigenvalue weighted by molar-refractivity contribution is 0.0627. The highest BCUT2D eigenvalue weighted by atomic mass is 35.5. The second kappa shape index (κ2) is 14.2. The van der Waals surface area contributed by atoms with Crippen molar-refractivity contribution in [2.45, 2.75) is 6.10 Å². The average Bonchev–Trinajstić information content (AvgIpc) is 2.82. The number of aromatic carboxylic acids is 2. The number of hydrogen-bond donors (Lipinski definition) is 3. The van der Waals surface area contributed by atoms with E-state index in [0.717, 1.165) is 12.1 Å². The molecule has 0 unspecified atom stereocenters. The fourth-order valence-electron chi connectivity index (χ4n) is 3.17. The third-order valence-corrected chi connectivity index (χ3v) is 5.44. The first-order valence-electron chi connectivity index (χ1n) is 9.98. The molecule has 4 aromatic rings. The Labute approximate surface area is 231 Å². The predicted molar refractivity (Wildman–Crippen MR) is 140 cm³/mol. The maximum Gasteiger partial charge on any atom is 0.371 e. The van der Waals surface area contributed by atoms with Gasteiger partial charge in [0.25, 0.3) is 0 Å². The number of ether oxygens (including phenoxy) is 2. The highest BCUT2D eigenvalue weighted by Crippen LogP contribution is 2.31. The van der Waals surface area contributed by atoms with Crippen molar-refractivity contribution in [3.05, 3.63) is 78.4 Å². The van der Waals surface area contributed by atoms with E-state index >= 15 is 0 Å². The van der Waals surface area contributed by atoms with Gasteiger partial charge in [-0.1, -0.05) is 23.2 Å². The molecular weight excluding hydrogens is 587 g/mol. The molecule has 2 heterocycles. The maximum absolute atomic E-state index is 12.1. The summed E-state index contributed by atoms with van der Waals surface area (Å²) in [6, 6.07) is 6.60. The molecule has 0 fully saturated rings. The molecule has 15 nitrogen and oxygen atoms in total. The molecule has 40 heavy (non-hydrogen) atoms. The zero-order chi connectivity index (χ0) is 26.1. The van der Waals surface area contributed by atoms with Crippen LogP contribution in [0.25, 0.3) is 21.9 Å². The summed E-state index contributed by atoms with van der Waals surface area (Å²) in [5.41, 5.74) is -1.35. The smallest absolute Gasteiger partial charge is 0.371 e. The molecule has 4 rings (SSSR count).